The Balaban J connectivity index is 0.000000233. The summed E-state index contributed by atoms with van der Waals surface area (Å²) in [5, 5.41) is 10.1. The summed E-state index contributed by atoms with van der Waals surface area (Å²) in [5.74, 6) is -0.129. The molecule has 3 aliphatic rings. The van der Waals surface area contributed by atoms with Gasteiger partial charge >= 0.3 is 18.2 Å². The van der Waals surface area contributed by atoms with Crippen molar-refractivity contribution in [1.82, 2.24) is 21.3 Å². The molecule has 5 amide bonds. The molecular weight excluding hydrogens is 408 g/mol. The molecule has 2 saturated carbocycles. The Morgan fingerprint density at radius 1 is 0.871 bits per heavy atom. The van der Waals surface area contributed by atoms with E-state index in [1.807, 2.05) is 0 Å². The zero-order valence-corrected chi connectivity index (χ0v) is 18.8. The average Bonchev–Trinajstić information content (AvgIpc) is 2.76. The van der Waals surface area contributed by atoms with Crippen molar-refractivity contribution in [3.8, 4) is 0 Å². The summed E-state index contributed by atoms with van der Waals surface area (Å²) in [6.45, 7) is 10.7. The number of carbonyl (C=O) groups is 5. The van der Waals surface area contributed by atoms with Crippen LogP contribution in [0.15, 0.2) is 0 Å². The number of ketones is 1. The molecule has 0 aromatic heterocycles. The second-order valence-electron chi connectivity index (χ2n) is 10.0. The average molecular weight is 440 g/mol. The van der Waals surface area contributed by atoms with E-state index < -0.39 is 35.0 Å². The highest BCUT2D eigenvalue weighted by Crippen LogP contribution is 2.34. The van der Waals surface area contributed by atoms with Crippen LogP contribution in [-0.4, -0.2) is 58.7 Å². The maximum absolute atomic E-state index is 11.5. The Bertz CT molecular complexity index is 752. The Hall–Kier alpha value is -2.85. The van der Waals surface area contributed by atoms with E-state index in [0.29, 0.717) is 25.7 Å². The van der Waals surface area contributed by atoms with E-state index in [0.717, 1.165) is 0 Å². The zero-order valence-electron chi connectivity index (χ0n) is 18.8. The third-order valence-corrected chi connectivity index (χ3v) is 4.59. The fraction of sp³-hybridized carbons (Fsp3) is 0.750. The van der Waals surface area contributed by atoms with E-state index >= 15 is 0 Å². The van der Waals surface area contributed by atoms with E-state index in [-0.39, 0.29) is 23.8 Å². The lowest BCUT2D eigenvalue weighted by molar-refractivity contribution is -0.127. The molecule has 0 aromatic rings. The van der Waals surface area contributed by atoms with Crippen LogP contribution in [0, 0.1) is 0 Å². The van der Waals surface area contributed by atoms with Crippen LogP contribution in [0.4, 0.5) is 14.4 Å². The predicted octanol–water partition coefficient (Wildman–Crippen LogP) is 1.49. The van der Waals surface area contributed by atoms with E-state index in [2.05, 4.69) is 21.3 Å². The maximum Gasteiger partial charge on any atom is 0.407 e. The van der Waals surface area contributed by atoms with Crippen LogP contribution in [-0.2, 0) is 19.1 Å². The third-order valence-electron chi connectivity index (χ3n) is 4.59. The van der Waals surface area contributed by atoms with Gasteiger partial charge in [-0.05, 0) is 41.5 Å². The van der Waals surface area contributed by atoms with E-state index in [1.54, 1.807) is 41.5 Å². The second-order valence-corrected chi connectivity index (χ2v) is 10.0. The molecular formula is C20H32N4O7. The van der Waals surface area contributed by atoms with Gasteiger partial charge < -0.3 is 25.4 Å². The van der Waals surface area contributed by atoms with Crippen molar-refractivity contribution in [3.05, 3.63) is 0 Å². The molecule has 1 spiro atoms. The largest absolute Gasteiger partial charge is 0.444 e. The number of hydrogen-bond donors (Lipinski definition) is 4. The zero-order chi connectivity index (χ0) is 23.6. The monoisotopic (exact) mass is 440 g/mol. The minimum atomic E-state index is -0.837. The summed E-state index contributed by atoms with van der Waals surface area (Å²) in [4.78, 5) is 55.7. The van der Waals surface area contributed by atoms with Crippen molar-refractivity contribution < 1.29 is 33.4 Å². The van der Waals surface area contributed by atoms with Gasteiger partial charge in [0.1, 0.15) is 22.5 Å². The molecule has 0 unspecified atom stereocenters. The fourth-order valence-corrected chi connectivity index (χ4v) is 3.24. The molecule has 3 rings (SSSR count). The van der Waals surface area contributed by atoms with Crippen molar-refractivity contribution in [2.75, 3.05) is 0 Å². The summed E-state index contributed by atoms with van der Waals surface area (Å²) >= 11 is 0. The van der Waals surface area contributed by atoms with Gasteiger partial charge in [0.15, 0.2) is 0 Å². The van der Waals surface area contributed by atoms with Gasteiger partial charge in [-0.25, -0.2) is 14.4 Å². The van der Waals surface area contributed by atoms with Crippen LogP contribution in [0.3, 0.4) is 0 Å². The van der Waals surface area contributed by atoms with Gasteiger partial charge in [-0.3, -0.25) is 14.9 Å². The Morgan fingerprint density at radius 3 is 1.68 bits per heavy atom. The molecule has 31 heavy (non-hydrogen) atoms. The van der Waals surface area contributed by atoms with Crippen LogP contribution < -0.4 is 21.3 Å². The quantitative estimate of drug-likeness (QED) is 0.475. The van der Waals surface area contributed by atoms with Crippen LogP contribution in [0.1, 0.15) is 67.2 Å². The van der Waals surface area contributed by atoms with Crippen LogP contribution in [0.25, 0.3) is 0 Å². The number of urea groups is 1. The minimum Gasteiger partial charge on any atom is -0.444 e. The molecule has 174 valence electrons. The molecule has 0 atom stereocenters. The molecule has 0 radical (unpaired) electrons. The SMILES string of the molecule is CC(C)(C)OC(=O)NC1CC(=O)C1.CC(C)(C)OC(=O)NC1CC2(C1)NC(=O)NC2=O. The Kier molecular flexibility index (Phi) is 6.87. The normalized spacial score (nSPS) is 25.2. The minimum absolute atomic E-state index is 0.0117. The smallest absolute Gasteiger partial charge is 0.407 e. The number of ether oxygens (including phenoxy) is 2. The lowest BCUT2D eigenvalue weighted by atomic mass is 9.73. The first kappa shape index (κ1) is 24.4. The summed E-state index contributed by atoms with van der Waals surface area (Å²) in [6.07, 6.45) is 0.726. The number of amides is 5. The van der Waals surface area contributed by atoms with Gasteiger partial charge in [-0.15, -0.1) is 0 Å². The fourth-order valence-electron chi connectivity index (χ4n) is 3.24. The molecule has 11 nitrogen and oxygen atoms in total. The van der Waals surface area contributed by atoms with Gasteiger partial charge in [-0.2, -0.15) is 0 Å². The highest BCUT2D eigenvalue weighted by Gasteiger charge is 2.55. The predicted molar refractivity (Wildman–Crippen MR) is 109 cm³/mol. The summed E-state index contributed by atoms with van der Waals surface area (Å²) in [7, 11) is 0. The number of imide groups is 1. The Labute approximate surface area is 181 Å². The number of carbonyl (C=O) groups excluding carboxylic acids is 5. The molecule has 1 saturated heterocycles. The van der Waals surface area contributed by atoms with Crippen molar-refractivity contribution in [1.29, 1.82) is 0 Å². The van der Waals surface area contributed by atoms with Crippen LogP contribution >= 0.6 is 0 Å². The first-order valence-electron chi connectivity index (χ1n) is 10.2. The van der Waals surface area contributed by atoms with Gasteiger partial charge in [0.25, 0.3) is 5.91 Å². The van der Waals surface area contributed by atoms with E-state index in [1.165, 1.54) is 0 Å². The second kappa shape index (κ2) is 8.72. The standard InChI is InChI=1S/C11H17N3O4.C9H15NO3/c1-10(2,3)18-9(17)12-6-4-11(5-6)7(15)13-8(16)14-11;1-9(2,3)13-8(12)10-6-4-7(11)5-6/h6H,4-5H2,1-3H3,(H,12,17)(H2,13,14,15,16);6H,4-5H2,1-3H3,(H,10,12). The molecule has 11 heteroatoms. The molecule has 1 heterocycles. The first-order chi connectivity index (χ1) is 14.1. The third kappa shape index (κ3) is 7.41. The van der Waals surface area contributed by atoms with Gasteiger partial charge in [0, 0.05) is 37.8 Å². The molecule has 0 aromatic carbocycles. The highest BCUT2D eigenvalue weighted by atomic mass is 16.6. The summed E-state index contributed by atoms with van der Waals surface area (Å²) < 4.78 is 10.1. The lowest BCUT2D eigenvalue weighted by Crippen LogP contribution is -2.63. The molecule has 1 aliphatic heterocycles. The summed E-state index contributed by atoms with van der Waals surface area (Å²) in [5.41, 5.74) is -1.86. The Morgan fingerprint density at radius 2 is 1.32 bits per heavy atom. The molecule has 0 bridgehead atoms. The summed E-state index contributed by atoms with van der Waals surface area (Å²) in [6, 6.07) is -0.637. The molecule has 4 N–H and O–H groups in total. The van der Waals surface area contributed by atoms with Crippen molar-refractivity contribution >= 4 is 29.9 Å². The van der Waals surface area contributed by atoms with Gasteiger partial charge in [0.05, 0.1) is 0 Å². The van der Waals surface area contributed by atoms with Crippen molar-refractivity contribution in [2.24, 2.45) is 0 Å². The molecule has 3 fully saturated rings. The van der Waals surface area contributed by atoms with Gasteiger partial charge in [0.2, 0.25) is 0 Å². The number of hydrogen-bond acceptors (Lipinski definition) is 7. The topological polar surface area (TPSA) is 152 Å². The first-order valence-corrected chi connectivity index (χ1v) is 10.2. The maximum atomic E-state index is 11.5. The van der Waals surface area contributed by atoms with Crippen molar-refractivity contribution in [2.45, 2.75) is 96.1 Å². The number of alkyl carbamates (subject to hydrolysis) is 2. The number of nitrogens with one attached hydrogen (secondary N) is 4. The number of Topliss-reactive ketones (excluding diaryl/α,β-unsaturated/α-hetero) is 1. The number of rotatable bonds is 2. The van der Waals surface area contributed by atoms with Crippen LogP contribution in [0.2, 0.25) is 0 Å². The highest BCUT2D eigenvalue weighted by molar-refractivity contribution is 6.07. The van der Waals surface area contributed by atoms with Crippen LogP contribution in [0.5, 0.6) is 0 Å². The van der Waals surface area contributed by atoms with E-state index in [9.17, 15) is 24.0 Å². The molecule has 2 aliphatic carbocycles. The lowest BCUT2D eigenvalue weighted by Gasteiger charge is -2.42. The van der Waals surface area contributed by atoms with E-state index in [4.69, 9.17) is 9.47 Å². The van der Waals surface area contributed by atoms with Gasteiger partial charge in [-0.1, -0.05) is 0 Å². The van der Waals surface area contributed by atoms with Crippen molar-refractivity contribution in [3.63, 3.8) is 0 Å².